The van der Waals surface area contributed by atoms with Crippen LogP contribution in [0, 0.1) is 6.92 Å². The van der Waals surface area contributed by atoms with E-state index in [0.717, 1.165) is 24.8 Å². The van der Waals surface area contributed by atoms with Crippen LogP contribution >= 0.6 is 0 Å². The smallest absolute Gasteiger partial charge is 0.260 e. The Morgan fingerprint density at radius 2 is 1.71 bits per heavy atom. The number of amides is 3. The molecule has 0 N–H and O–H groups in total. The number of hydrogen-bond donors (Lipinski definition) is 0. The summed E-state index contributed by atoms with van der Waals surface area (Å²) in [5.74, 6) is 0.660. The molecule has 2 aliphatic heterocycles. The van der Waals surface area contributed by atoms with Crippen LogP contribution in [0.1, 0.15) is 31.2 Å². The van der Waals surface area contributed by atoms with E-state index in [-0.39, 0.29) is 30.9 Å². The summed E-state index contributed by atoms with van der Waals surface area (Å²) >= 11 is 0. The van der Waals surface area contributed by atoms with Crippen molar-refractivity contribution in [3.05, 3.63) is 29.8 Å². The first kappa shape index (κ1) is 20.2. The topological polar surface area (TPSA) is 70.2 Å². The van der Waals surface area contributed by atoms with Gasteiger partial charge in [0.25, 0.3) is 5.91 Å². The Kier molecular flexibility index (Phi) is 6.90. The molecule has 2 heterocycles. The van der Waals surface area contributed by atoms with E-state index in [4.69, 9.17) is 4.74 Å². The van der Waals surface area contributed by atoms with Crippen LogP contribution in [0.2, 0.25) is 0 Å². The molecule has 3 rings (SSSR count). The van der Waals surface area contributed by atoms with Crippen LogP contribution in [0.4, 0.5) is 0 Å². The molecule has 0 aromatic heterocycles. The van der Waals surface area contributed by atoms with E-state index in [9.17, 15) is 14.4 Å². The lowest BCUT2D eigenvalue weighted by atomic mass is 10.1. The Morgan fingerprint density at radius 1 is 0.964 bits per heavy atom. The number of ether oxygens (including phenoxy) is 1. The molecule has 152 valence electrons. The summed E-state index contributed by atoms with van der Waals surface area (Å²) in [4.78, 5) is 42.2. The van der Waals surface area contributed by atoms with Gasteiger partial charge in [0.1, 0.15) is 5.75 Å². The lowest BCUT2D eigenvalue weighted by molar-refractivity contribution is -0.142. The average Bonchev–Trinajstić information content (AvgIpc) is 2.94. The summed E-state index contributed by atoms with van der Waals surface area (Å²) in [5.41, 5.74) is 1.08. The quantitative estimate of drug-likeness (QED) is 0.767. The standard InChI is InChI=1S/C21H29N3O4/c1-17-6-4-7-18(14-17)28-16-21(27)23-11-5-10-22(12-13-23)20(26)15-24-9-3-2-8-19(24)25/h4,6-7,14H,2-3,5,8-13,15-16H2,1H3. The first-order valence-corrected chi connectivity index (χ1v) is 10.1. The Bertz CT molecular complexity index is 721. The van der Waals surface area contributed by atoms with Crippen LogP contribution in [-0.4, -0.2) is 78.3 Å². The number of benzene rings is 1. The fraction of sp³-hybridized carbons (Fsp3) is 0.571. The van der Waals surface area contributed by atoms with Gasteiger partial charge in [-0.15, -0.1) is 0 Å². The van der Waals surface area contributed by atoms with E-state index >= 15 is 0 Å². The third-order valence-electron chi connectivity index (χ3n) is 5.30. The van der Waals surface area contributed by atoms with Gasteiger partial charge in [0.15, 0.2) is 6.61 Å². The Hall–Kier alpha value is -2.57. The molecule has 7 heteroatoms. The van der Waals surface area contributed by atoms with Crippen LogP contribution in [0.5, 0.6) is 5.75 Å². The van der Waals surface area contributed by atoms with Crippen molar-refractivity contribution in [3.8, 4) is 5.75 Å². The van der Waals surface area contributed by atoms with Gasteiger partial charge in [0.05, 0.1) is 6.54 Å². The van der Waals surface area contributed by atoms with Crippen LogP contribution in [0.25, 0.3) is 0 Å². The number of hydrogen-bond acceptors (Lipinski definition) is 4. The minimum Gasteiger partial charge on any atom is -0.484 e. The summed E-state index contributed by atoms with van der Waals surface area (Å²) < 4.78 is 5.61. The van der Waals surface area contributed by atoms with Gasteiger partial charge in [0, 0.05) is 39.1 Å². The fourth-order valence-corrected chi connectivity index (χ4v) is 3.65. The van der Waals surface area contributed by atoms with E-state index in [1.165, 1.54) is 0 Å². The number of aryl methyl sites for hydroxylation is 1. The van der Waals surface area contributed by atoms with E-state index < -0.39 is 0 Å². The van der Waals surface area contributed by atoms with Crippen LogP contribution in [-0.2, 0) is 14.4 Å². The van der Waals surface area contributed by atoms with Crippen molar-refractivity contribution >= 4 is 17.7 Å². The monoisotopic (exact) mass is 387 g/mol. The van der Waals surface area contributed by atoms with Crippen LogP contribution in [0.15, 0.2) is 24.3 Å². The first-order chi connectivity index (χ1) is 13.5. The molecule has 0 aliphatic carbocycles. The average molecular weight is 387 g/mol. The highest BCUT2D eigenvalue weighted by atomic mass is 16.5. The number of nitrogens with zero attached hydrogens (tertiary/aromatic N) is 3. The highest BCUT2D eigenvalue weighted by Crippen LogP contribution is 2.14. The summed E-state index contributed by atoms with van der Waals surface area (Å²) in [6.45, 7) is 5.02. The van der Waals surface area contributed by atoms with Crippen molar-refractivity contribution < 1.29 is 19.1 Å². The van der Waals surface area contributed by atoms with Crippen LogP contribution in [0.3, 0.4) is 0 Å². The minimum absolute atomic E-state index is 0.000318. The molecule has 2 fully saturated rings. The van der Waals surface area contributed by atoms with Crippen molar-refractivity contribution in [2.45, 2.75) is 32.6 Å². The van der Waals surface area contributed by atoms with Crippen molar-refractivity contribution in [1.82, 2.24) is 14.7 Å². The predicted octanol–water partition coefficient (Wildman–Crippen LogP) is 1.45. The summed E-state index contributed by atoms with van der Waals surface area (Å²) in [7, 11) is 0. The molecule has 0 saturated carbocycles. The van der Waals surface area contributed by atoms with E-state index in [0.29, 0.717) is 44.9 Å². The lowest BCUT2D eigenvalue weighted by Crippen LogP contribution is -2.46. The second-order valence-electron chi connectivity index (χ2n) is 7.49. The maximum atomic E-state index is 12.6. The van der Waals surface area contributed by atoms with Gasteiger partial charge < -0.3 is 19.4 Å². The molecule has 0 atom stereocenters. The molecular weight excluding hydrogens is 358 g/mol. The van der Waals surface area contributed by atoms with Crippen molar-refractivity contribution in [2.75, 3.05) is 45.9 Å². The molecule has 0 unspecified atom stereocenters. The van der Waals surface area contributed by atoms with Crippen LogP contribution < -0.4 is 4.74 Å². The number of piperidine rings is 1. The molecule has 1 aromatic rings. The van der Waals surface area contributed by atoms with E-state index in [2.05, 4.69) is 0 Å². The zero-order chi connectivity index (χ0) is 19.9. The van der Waals surface area contributed by atoms with Gasteiger partial charge in [-0.1, -0.05) is 12.1 Å². The van der Waals surface area contributed by atoms with Gasteiger partial charge in [-0.25, -0.2) is 0 Å². The van der Waals surface area contributed by atoms with Crippen molar-refractivity contribution in [3.63, 3.8) is 0 Å². The number of carbonyl (C=O) groups excluding carboxylic acids is 3. The maximum Gasteiger partial charge on any atom is 0.260 e. The fourth-order valence-electron chi connectivity index (χ4n) is 3.65. The van der Waals surface area contributed by atoms with E-state index in [1.54, 1.807) is 14.7 Å². The molecule has 7 nitrogen and oxygen atoms in total. The Balaban J connectivity index is 1.46. The highest BCUT2D eigenvalue weighted by Gasteiger charge is 2.26. The maximum absolute atomic E-state index is 12.6. The number of carbonyl (C=O) groups is 3. The number of rotatable bonds is 5. The van der Waals surface area contributed by atoms with Crippen molar-refractivity contribution in [1.29, 1.82) is 0 Å². The Labute approximate surface area is 166 Å². The summed E-state index contributed by atoms with van der Waals surface area (Å²) in [5, 5.41) is 0. The minimum atomic E-state index is -0.0676. The van der Waals surface area contributed by atoms with Crippen molar-refractivity contribution in [2.24, 2.45) is 0 Å². The summed E-state index contributed by atoms with van der Waals surface area (Å²) in [6, 6.07) is 7.62. The predicted molar refractivity (Wildman–Crippen MR) is 105 cm³/mol. The van der Waals surface area contributed by atoms with Gasteiger partial charge in [-0.05, 0) is 43.9 Å². The molecular formula is C21H29N3O4. The molecule has 28 heavy (non-hydrogen) atoms. The molecule has 0 spiro atoms. The molecule has 0 radical (unpaired) electrons. The third-order valence-corrected chi connectivity index (χ3v) is 5.30. The largest absolute Gasteiger partial charge is 0.484 e. The third kappa shape index (κ3) is 5.47. The normalized spacial score (nSPS) is 18.0. The Morgan fingerprint density at radius 3 is 2.43 bits per heavy atom. The van der Waals surface area contributed by atoms with Gasteiger partial charge in [0.2, 0.25) is 11.8 Å². The zero-order valence-corrected chi connectivity index (χ0v) is 16.6. The SMILES string of the molecule is Cc1cccc(OCC(=O)N2CCCN(C(=O)CN3CCCCC3=O)CC2)c1. The first-order valence-electron chi connectivity index (χ1n) is 10.1. The number of likely N-dealkylation sites (tertiary alicyclic amines) is 1. The second kappa shape index (κ2) is 9.57. The van der Waals surface area contributed by atoms with E-state index in [1.807, 2.05) is 31.2 Å². The lowest BCUT2D eigenvalue weighted by Gasteiger charge is -2.29. The van der Waals surface area contributed by atoms with Gasteiger partial charge in [-0.3, -0.25) is 14.4 Å². The second-order valence-corrected chi connectivity index (χ2v) is 7.49. The molecule has 1 aromatic carbocycles. The summed E-state index contributed by atoms with van der Waals surface area (Å²) in [6.07, 6.45) is 3.14. The molecule has 2 saturated heterocycles. The van der Waals surface area contributed by atoms with Gasteiger partial charge >= 0.3 is 0 Å². The molecule has 3 amide bonds. The highest BCUT2D eigenvalue weighted by molar-refractivity contribution is 5.85. The zero-order valence-electron chi connectivity index (χ0n) is 16.6. The molecule has 0 bridgehead atoms. The molecule has 2 aliphatic rings. The van der Waals surface area contributed by atoms with Gasteiger partial charge in [-0.2, -0.15) is 0 Å².